The number of rotatable bonds is 0. The predicted octanol–water partition coefficient (Wildman–Crippen LogP) is 4.34. The van der Waals surface area contributed by atoms with Crippen LogP contribution in [0.1, 0.15) is 58.8 Å². The van der Waals surface area contributed by atoms with Crippen molar-refractivity contribution in [1.29, 1.82) is 0 Å². The monoisotopic (exact) mass is 318 g/mol. The highest BCUT2D eigenvalue weighted by Crippen LogP contribution is 2.66. The number of halogens is 1. The Hall–Kier alpha value is -0.960. The van der Waals surface area contributed by atoms with E-state index in [1.165, 1.54) is 5.57 Å². The largest absolute Gasteiger partial charge is 0.390 e. The van der Waals surface area contributed by atoms with E-state index in [2.05, 4.69) is 6.92 Å². The molecule has 1 N–H and O–H groups in total. The number of aliphatic hydroxyl groups is 1. The average molecular weight is 318 g/mol. The van der Waals surface area contributed by atoms with Crippen molar-refractivity contribution in [3.8, 4) is 0 Å². The van der Waals surface area contributed by atoms with Crippen LogP contribution in [-0.2, 0) is 4.79 Å². The van der Waals surface area contributed by atoms with Crippen molar-refractivity contribution < 1.29 is 14.3 Å². The van der Waals surface area contributed by atoms with Gasteiger partial charge in [-0.3, -0.25) is 4.79 Å². The first-order chi connectivity index (χ1) is 10.9. The zero-order valence-electron chi connectivity index (χ0n) is 14.1. The summed E-state index contributed by atoms with van der Waals surface area (Å²) in [6.07, 6.45) is 8.71. The van der Waals surface area contributed by atoms with E-state index < -0.39 is 5.60 Å². The van der Waals surface area contributed by atoms with E-state index >= 15 is 0 Å². The van der Waals surface area contributed by atoms with E-state index in [9.17, 15) is 14.3 Å². The van der Waals surface area contributed by atoms with Crippen LogP contribution in [0.5, 0.6) is 0 Å². The van der Waals surface area contributed by atoms with Gasteiger partial charge < -0.3 is 5.11 Å². The fourth-order valence-corrected chi connectivity index (χ4v) is 6.43. The molecule has 0 spiro atoms. The molecule has 0 aliphatic heterocycles. The van der Waals surface area contributed by atoms with Crippen molar-refractivity contribution in [2.75, 3.05) is 0 Å². The number of hydrogen-bond acceptors (Lipinski definition) is 2. The maximum absolute atomic E-state index is 13.8. The lowest BCUT2D eigenvalue weighted by atomic mass is 9.49. The highest BCUT2D eigenvalue weighted by molar-refractivity contribution is 5.91. The van der Waals surface area contributed by atoms with Crippen LogP contribution in [0.15, 0.2) is 23.6 Å². The summed E-state index contributed by atoms with van der Waals surface area (Å²) in [5.41, 5.74) is 1.24. The third-order valence-electron chi connectivity index (χ3n) is 7.83. The standard InChI is InChI=1S/C20H27FO2/c1-19-10-13(11-21)18-15-6-4-14(22)9-12(15)3-5-16(18)17(19)7-8-20(19,2)23/h9,11,15-18,23H,3-8,10H2,1-2H3/b13-11+/t15-,16-,17-,18+,19-,20-/m0/s1. The Labute approximate surface area is 137 Å². The molecular formula is C20H27FO2. The fourth-order valence-electron chi connectivity index (χ4n) is 6.43. The lowest BCUT2D eigenvalue weighted by Gasteiger charge is -2.56. The zero-order chi connectivity index (χ0) is 16.4. The van der Waals surface area contributed by atoms with Crippen molar-refractivity contribution >= 4 is 5.78 Å². The van der Waals surface area contributed by atoms with E-state index in [-0.39, 0.29) is 17.1 Å². The van der Waals surface area contributed by atoms with Crippen LogP contribution in [0.25, 0.3) is 0 Å². The minimum atomic E-state index is -0.699. The van der Waals surface area contributed by atoms with Crippen LogP contribution in [0.2, 0.25) is 0 Å². The Morgan fingerprint density at radius 2 is 2.04 bits per heavy atom. The van der Waals surface area contributed by atoms with Crippen LogP contribution < -0.4 is 0 Å². The van der Waals surface area contributed by atoms with Crippen molar-refractivity contribution in [1.82, 2.24) is 0 Å². The minimum Gasteiger partial charge on any atom is -0.390 e. The molecule has 0 aromatic rings. The molecule has 0 bridgehead atoms. The van der Waals surface area contributed by atoms with E-state index in [1.807, 2.05) is 13.0 Å². The van der Waals surface area contributed by atoms with Crippen molar-refractivity contribution in [3.63, 3.8) is 0 Å². The third-order valence-corrected chi connectivity index (χ3v) is 7.83. The molecule has 2 nitrogen and oxygen atoms in total. The molecule has 0 aromatic carbocycles. The molecule has 4 rings (SSSR count). The van der Waals surface area contributed by atoms with Gasteiger partial charge in [0.15, 0.2) is 5.78 Å². The molecule has 3 saturated carbocycles. The Balaban J connectivity index is 1.75. The van der Waals surface area contributed by atoms with E-state index in [0.29, 0.717) is 30.6 Å². The summed E-state index contributed by atoms with van der Waals surface area (Å²) >= 11 is 0. The molecule has 4 aliphatic rings. The number of carbonyl (C=O) groups excluding carboxylic acids is 1. The van der Waals surface area contributed by atoms with Gasteiger partial charge in [0.25, 0.3) is 0 Å². The maximum Gasteiger partial charge on any atom is 0.155 e. The molecule has 3 fully saturated rings. The zero-order valence-corrected chi connectivity index (χ0v) is 14.1. The summed E-state index contributed by atoms with van der Waals surface area (Å²) in [5.74, 6) is 1.78. The van der Waals surface area contributed by atoms with Crippen LogP contribution in [-0.4, -0.2) is 16.5 Å². The number of fused-ring (bicyclic) bond motifs is 5. The average Bonchev–Trinajstić information content (AvgIpc) is 2.76. The quantitative estimate of drug-likeness (QED) is 0.721. The topological polar surface area (TPSA) is 37.3 Å². The molecule has 0 heterocycles. The van der Waals surface area contributed by atoms with Gasteiger partial charge in [-0.05, 0) is 80.8 Å². The first-order valence-electron chi connectivity index (χ1n) is 9.12. The molecule has 126 valence electrons. The number of hydrogen-bond donors (Lipinski definition) is 1. The van der Waals surface area contributed by atoms with Crippen molar-refractivity contribution in [2.24, 2.45) is 29.1 Å². The molecule has 0 saturated heterocycles. The first kappa shape index (κ1) is 15.6. The first-order valence-corrected chi connectivity index (χ1v) is 9.12. The Bertz CT molecular complexity index is 603. The van der Waals surface area contributed by atoms with Crippen LogP contribution in [0, 0.1) is 29.1 Å². The van der Waals surface area contributed by atoms with Crippen LogP contribution in [0.4, 0.5) is 4.39 Å². The van der Waals surface area contributed by atoms with Gasteiger partial charge in [-0.15, -0.1) is 0 Å². The van der Waals surface area contributed by atoms with E-state index in [1.54, 1.807) is 0 Å². The van der Waals surface area contributed by atoms with Crippen molar-refractivity contribution in [2.45, 2.75) is 64.4 Å². The summed E-state index contributed by atoms with van der Waals surface area (Å²) < 4.78 is 13.8. The lowest BCUT2D eigenvalue weighted by molar-refractivity contribution is -0.116. The van der Waals surface area contributed by atoms with Crippen LogP contribution in [0.3, 0.4) is 0 Å². The van der Waals surface area contributed by atoms with Gasteiger partial charge in [0, 0.05) is 11.8 Å². The Morgan fingerprint density at radius 1 is 1.26 bits per heavy atom. The predicted molar refractivity (Wildman–Crippen MR) is 87.3 cm³/mol. The van der Waals surface area contributed by atoms with E-state index in [0.717, 1.165) is 44.0 Å². The second-order valence-electron chi connectivity index (χ2n) is 8.76. The molecule has 6 atom stereocenters. The van der Waals surface area contributed by atoms with Gasteiger partial charge in [0.1, 0.15) is 0 Å². The SMILES string of the molecule is C[C@]1(O)CC[C@H]2[C@@H]3CCC4=CC(=O)CC[C@@H]4[C@H]3/C(=C/F)C[C@@]21C. The van der Waals surface area contributed by atoms with Gasteiger partial charge in [-0.1, -0.05) is 12.5 Å². The number of carbonyl (C=O) groups is 1. The molecule has 0 unspecified atom stereocenters. The van der Waals surface area contributed by atoms with Crippen LogP contribution >= 0.6 is 0 Å². The molecule has 23 heavy (non-hydrogen) atoms. The molecule has 4 aliphatic carbocycles. The number of allylic oxidation sites excluding steroid dienone is 2. The Kier molecular flexibility index (Phi) is 3.39. The summed E-state index contributed by atoms with van der Waals surface area (Å²) in [4.78, 5) is 11.7. The fraction of sp³-hybridized carbons (Fsp3) is 0.750. The van der Waals surface area contributed by atoms with Gasteiger partial charge in [-0.25, -0.2) is 4.39 Å². The molecule has 0 aromatic heterocycles. The normalized spacial score (nSPS) is 51.0. The van der Waals surface area contributed by atoms with Gasteiger partial charge in [-0.2, -0.15) is 0 Å². The van der Waals surface area contributed by atoms with Gasteiger partial charge in [0.05, 0.1) is 11.9 Å². The molecular weight excluding hydrogens is 291 g/mol. The van der Waals surface area contributed by atoms with Gasteiger partial charge >= 0.3 is 0 Å². The molecule has 0 amide bonds. The summed E-state index contributed by atoms with van der Waals surface area (Å²) in [6, 6.07) is 0. The summed E-state index contributed by atoms with van der Waals surface area (Å²) in [6.45, 7) is 4.11. The molecule has 3 heteroatoms. The summed E-state index contributed by atoms with van der Waals surface area (Å²) in [7, 11) is 0. The number of ketones is 1. The van der Waals surface area contributed by atoms with Gasteiger partial charge in [0.2, 0.25) is 0 Å². The van der Waals surface area contributed by atoms with E-state index in [4.69, 9.17) is 0 Å². The van der Waals surface area contributed by atoms with Crippen molar-refractivity contribution in [3.05, 3.63) is 23.6 Å². The highest BCUT2D eigenvalue weighted by atomic mass is 19.1. The lowest BCUT2D eigenvalue weighted by Crippen LogP contribution is -2.52. The Morgan fingerprint density at radius 3 is 2.78 bits per heavy atom. The minimum absolute atomic E-state index is 0.211. The highest BCUT2D eigenvalue weighted by Gasteiger charge is 2.61. The second kappa shape index (κ2) is 5.02. The summed E-state index contributed by atoms with van der Waals surface area (Å²) in [5, 5.41) is 10.9. The molecule has 0 radical (unpaired) electrons. The third kappa shape index (κ3) is 2.05. The smallest absolute Gasteiger partial charge is 0.155 e. The maximum atomic E-state index is 13.8. The second-order valence-corrected chi connectivity index (χ2v) is 8.76.